The minimum Gasteiger partial charge on any atom is -0.484 e. The average Bonchev–Trinajstić information content (AvgIpc) is 2.71. The molecule has 2 aromatic rings. The molecule has 0 bridgehead atoms. The Labute approximate surface area is 170 Å². The lowest BCUT2D eigenvalue weighted by Crippen LogP contribution is -2.51. The normalized spacial score (nSPS) is 20.8. The van der Waals surface area contributed by atoms with Gasteiger partial charge in [-0.2, -0.15) is 13.2 Å². The van der Waals surface area contributed by atoms with Crippen LogP contribution in [-0.2, 0) is 6.54 Å². The maximum Gasteiger partial charge on any atom is 0.422 e. The third-order valence-corrected chi connectivity index (χ3v) is 5.31. The van der Waals surface area contributed by atoms with E-state index >= 15 is 0 Å². The van der Waals surface area contributed by atoms with Gasteiger partial charge in [0, 0.05) is 30.7 Å². The van der Waals surface area contributed by atoms with E-state index in [1.165, 1.54) is 5.56 Å². The van der Waals surface area contributed by atoms with E-state index in [-0.39, 0.29) is 11.8 Å². The number of alkyl halides is 3. The molecule has 1 heterocycles. The highest BCUT2D eigenvalue weighted by Gasteiger charge is 2.31. The van der Waals surface area contributed by atoms with Gasteiger partial charge in [0.05, 0.1) is 0 Å². The van der Waals surface area contributed by atoms with Crippen molar-refractivity contribution in [2.75, 3.05) is 27.2 Å². The van der Waals surface area contributed by atoms with Gasteiger partial charge in [0.2, 0.25) is 0 Å². The van der Waals surface area contributed by atoms with Crippen molar-refractivity contribution in [3.05, 3.63) is 65.7 Å². The number of hydrogen-bond acceptors (Lipinski definition) is 4. The van der Waals surface area contributed by atoms with Crippen LogP contribution in [0.3, 0.4) is 0 Å². The first kappa shape index (κ1) is 21.6. The third-order valence-electron chi connectivity index (χ3n) is 5.31. The molecule has 0 spiro atoms. The van der Waals surface area contributed by atoms with Crippen LogP contribution in [0.15, 0.2) is 54.6 Å². The van der Waals surface area contributed by atoms with Crippen molar-refractivity contribution in [3.8, 4) is 5.75 Å². The van der Waals surface area contributed by atoms with Crippen molar-refractivity contribution >= 4 is 0 Å². The summed E-state index contributed by atoms with van der Waals surface area (Å²) >= 11 is 0. The summed E-state index contributed by atoms with van der Waals surface area (Å²) in [5.74, 6) is 0.259. The van der Waals surface area contributed by atoms with Gasteiger partial charge < -0.3 is 9.64 Å². The van der Waals surface area contributed by atoms with Crippen LogP contribution in [-0.4, -0.2) is 49.4 Å². The number of hydrogen-bond donors (Lipinski definition) is 1. The van der Waals surface area contributed by atoms with Gasteiger partial charge >= 0.3 is 6.18 Å². The summed E-state index contributed by atoms with van der Waals surface area (Å²) in [6.07, 6.45) is -2.26. The fourth-order valence-corrected chi connectivity index (χ4v) is 3.71. The third kappa shape index (κ3) is 6.19. The van der Waals surface area contributed by atoms with Crippen molar-refractivity contribution in [2.45, 2.75) is 37.6 Å². The molecule has 1 aliphatic rings. The van der Waals surface area contributed by atoms with Gasteiger partial charge in [0.1, 0.15) is 5.75 Å². The highest BCUT2D eigenvalue weighted by atomic mass is 19.4. The highest BCUT2D eigenvalue weighted by Crippen LogP contribution is 2.31. The zero-order chi connectivity index (χ0) is 20.9. The van der Waals surface area contributed by atoms with Crippen molar-refractivity contribution < 1.29 is 17.9 Å². The van der Waals surface area contributed by atoms with Crippen molar-refractivity contribution in [1.82, 2.24) is 15.3 Å². The maximum atomic E-state index is 12.6. The van der Waals surface area contributed by atoms with Crippen LogP contribution >= 0.6 is 0 Å². The van der Waals surface area contributed by atoms with E-state index < -0.39 is 12.8 Å². The standard InChI is InChI=1S/C22H28F3N3O/c1-27(2)19-12-13-20(17-8-4-3-5-9-17)28(15-19)26-14-18-10-6-7-11-21(18)29-16-22(23,24)25/h3-11,19-20,26H,12-16H2,1-2H3. The number of nitrogens with one attached hydrogen (secondary N) is 1. The van der Waals surface area contributed by atoms with Gasteiger partial charge in [-0.15, -0.1) is 0 Å². The predicted octanol–water partition coefficient (Wildman–Crippen LogP) is 4.40. The van der Waals surface area contributed by atoms with Gasteiger partial charge in [0.25, 0.3) is 0 Å². The number of nitrogens with zero attached hydrogens (tertiary/aromatic N) is 2. The molecule has 2 unspecified atom stereocenters. The Hall–Kier alpha value is -2.09. The van der Waals surface area contributed by atoms with Crippen molar-refractivity contribution in [2.24, 2.45) is 0 Å². The fraction of sp³-hybridized carbons (Fsp3) is 0.455. The Bertz CT molecular complexity index is 767. The Morgan fingerprint density at radius 3 is 2.41 bits per heavy atom. The predicted molar refractivity (Wildman–Crippen MR) is 107 cm³/mol. The molecule has 3 rings (SSSR count). The number of halogens is 3. The van der Waals surface area contributed by atoms with Crippen molar-refractivity contribution in [1.29, 1.82) is 0 Å². The van der Waals surface area contributed by atoms with E-state index in [0.717, 1.165) is 19.4 Å². The Balaban J connectivity index is 1.72. The van der Waals surface area contributed by atoms with Crippen LogP contribution in [0.25, 0.3) is 0 Å². The highest BCUT2D eigenvalue weighted by molar-refractivity contribution is 5.33. The number of piperidine rings is 1. The number of ether oxygens (including phenoxy) is 1. The molecule has 1 N–H and O–H groups in total. The second-order valence-corrected chi connectivity index (χ2v) is 7.62. The van der Waals surface area contributed by atoms with E-state index in [1.807, 2.05) is 24.3 Å². The first-order chi connectivity index (χ1) is 13.8. The minimum atomic E-state index is -4.36. The molecule has 7 heteroatoms. The van der Waals surface area contributed by atoms with Crippen LogP contribution in [0.2, 0.25) is 0 Å². The quantitative estimate of drug-likeness (QED) is 0.736. The molecule has 4 nitrogen and oxygen atoms in total. The molecule has 0 aliphatic carbocycles. The smallest absolute Gasteiger partial charge is 0.422 e. The molecule has 1 aliphatic heterocycles. The van der Waals surface area contributed by atoms with E-state index in [1.54, 1.807) is 18.2 Å². The summed E-state index contributed by atoms with van der Waals surface area (Å²) in [5, 5.41) is 2.21. The van der Waals surface area contributed by atoms with E-state index in [0.29, 0.717) is 18.2 Å². The second kappa shape index (κ2) is 9.61. The number of likely N-dealkylation sites (N-methyl/N-ethyl adjacent to an activating group) is 1. The topological polar surface area (TPSA) is 27.7 Å². The van der Waals surface area contributed by atoms with Crippen LogP contribution in [0.5, 0.6) is 5.75 Å². The van der Waals surface area contributed by atoms with Crippen LogP contribution in [0.4, 0.5) is 13.2 Å². The van der Waals surface area contributed by atoms with E-state index in [2.05, 4.69) is 41.6 Å². The molecular weight excluding hydrogens is 379 g/mol. The lowest BCUT2D eigenvalue weighted by atomic mass is 9.93. The molecule has 1 saturated heterocycles. The monoisotopic (exact) mass is 407 g/mol. The Kier molecular flexibility index (Phi) is 7.16. The molecule has 1 fully saturated rings. The zero-order valence-corrected chi connectivity index (χ0v) is 16.8. The summed E-state index contributed by atoms with van der Waals surface area (Å²) in [5.41, 5.74) is 5.39. The maximum absolute atomic E-state index is 12.6. The van der Waals surface area contributed by atoms with Gasteiger partial charge in [-0.3, -0.25) is 5.43 Å². The minimum absolute atomic E-state index is 0.218. The lowest BCUT2D eigenvalue weighted by molar-refractivity contribution is -0.153. The molecular formula is C22H28F3N3O. The zero-order valence-electron chi connectivity index (χ0n) is 16.8. The first-order valence-corrected chi connectivity index (χ1v) is 9.82. The molecule has 0 saturated carbocycles. The van der Waals surface area contributed by atoms with Crippen LogP contribution in [0, 0.1) is 0 Å². The summed E-state index contributed by atoms with van der Waals surface area (Å²) in [4.78, 5) is 2.22. The largest absolute Gasteiger partial charge is 0.484 e. The lowest BCUT2D eigenvalue weighted by Gasteiger charge is -2.42. The van der Waals surface area contributed by atoms with Crippen LogP contribution in [0.1, 0.15) is 30.0 Å². The molecule has 158 valence electrons. The van der Waals surface area contributed by atoms with Crippen molar-refractivity contribution in [3.63, 3.8) is 0 Å². The summed E-state index contributed by atoms with van der Waals surface area (Å²) in [6, 6.07) is 17.8. The molecule has 29 heavy (non-hydrogen) atoms. The van der Waals surface area contributed by atoms with E-state index in [4.69, 9.17) is 4.74 Å². The summed E-state index contributed by atoms with van der Waals surface area (Å²) in [6.45, 7) is -0.0568. The summed E-state index contributed by atoms with van der Waals surface area (Å²) < 4.78 is 42.7. The molecule has 0 aromatic heterocycles. The van der Waals surface area contributed by atoms with Gasteiger partial charge in [0.15, 0.2) is 6.61 Å². The number of benzene rings is 2. The Morgan fingerprint density at radius 2 is 1.72 bits per heavy atom. The van der Waals surface area contributed by atoms with E-state index in [9.17, 15) is 13.2 Å². The van der Waals surface area contributed by atoms with Gasteiger partial charge in [-0.1, -0.05) is 48.5 Å². The second-order valence-electron chi connectivity index (χ2n) is 7.62. The molecule has 2 aromatic carbocycles. The average molecular weight is 407 g/mol. The number of rotatable bonds is 7. The fourth-order valence-electron chi connectivity index (χ4n) is 3.71. The number of hydrazine groups is 1. The van der Waals surface area contributed by atoms with Gasteiger partial charge in [-0.05, 0) is 38.6 Å². The Morgan fingerprint density at radius 1 is 1.03 bits per heavy atom. The molecule has 0 radical (unpaired) electrons. The molecule has 0 amide bonds. The molecule has 2 atom stereocenters. The first-order valence-electron chi connectivity index (χ1n) is 9.82. The summed E-state index contributed by atoms with van der Waals surface area (Å²) in [7, 11) is 4.15. The van der Waals surface area contributed by atoms with Crippen LogP contribution < -0.4 is 10.2 Å². The SMILES string of the molecule is CN(C)C1CCC(c2ccccc2)N(NCc2ccccc2OCC(F)(F)F)C1. The van der Waals surface area contributed by atoms with Gasteiger partial charge in [-0.25, -0.2) is 5.01 Å². The number of para-hydroxylation sites is 1.